The van der Waals surface area contributed by atoms with Gasteiger partial charge in [-0.3, -0.25) is 0 Å². The van der Waals surface area contributed by atoms with Gasteiger partial charge in [0.2, 0.25) is 0 Å². The van der Waals surface area contributed by atoms with Crippen LogP contribution in [0.3, 0.4) is 0 Å². The van der Waals surface area contributed by atoms with Crippen molar-refractivity contribution in [1.82, 2.24) is 5.32 Å². The highest BCUT2D eigenvalue weighted by molar-refractivity contribution is 5.22. The van der Waals surface area contributed by atoms with Gasteiger partial charge in [-0.25, -0.2) is 0 Å². The third-order valence-corrected chi connectivity index (χ3v) is 4.13. The van der Waals surface area contributed by atoms with E-state index in [4.69, 9.17) is 4.74 Å². The molecule has 0 amide bonds. The van der Waals surface area contributed by atoms with E-state index in [2.05, 4.69) is 43.6 Å². The molecule has 19 heavy (non-hydrogen) atoms. The summed E-state index contributed by atoms with van der Waals surface area (Å²) in [7, 11) is 2.08. The summed E-state index contributed by atoms with van der Waals surface area (Å²) in [5.74, 6) is 0. The second-order valence-electron chi connectivity index (χ2n) is 5.73. The molecule has 1 fully saturated rings. The SMILES string of the molecule is CNC(CCc1cccc(C)c1)CCC1CCCO1. The summed E-state index contributed by atoms with van der Waals surface area (Å²) in [6.45, 7) is 3.13. The van der Waals surface area contributed by atoms with Crippen LogP contribution in [-0.4, -0.2) is 25.8 Å². The highest BCUT2D eigenvalue weighted by atomic mass is 16.5. The summed E-state index contributed by atoms with van der Waals surface area (Å²) < 4.78 is 5.70. The zero-order valence-electron chi connectivity index (χ0n) is 12.3. The van der Waals surface area contributed by atoms with E-state index in [9.17, 15) is 0 Å². The molecular formula is C17H27NO. The Kier molecular flexibility index (Phi) is 5.87. The van der Waals surface area contributed by atoms with Crippen LogP contribution in [0.25, 0.3) is 0 Å². The first-order chi connectivity index (χ1) is 9.28. The number of rotatable bonds is 7. The Morgan fingerprint density at radius 2 is 2.26 bits per heavy atom. The zero-order chi connectivity index (χ0) is 13.5. The van der Waals surface area contributed by atoms with Gasteiger partial charge in [-0.1, -0.05) is 29.8 Å². The molecule has 1 aromatic carbocycles. The molecule has 0 saturated carbocycles. The van der Waals surface area contributed by atoms with Crippen LogP contribution >= 0.6 is 0 Å². The highest BCUT2D eigenvalue weighted by Crippen LogP contribution is 2.19. The van der Waals surface area contributed by atoms with E-state index in [1.807, 2.05) is 0 Å². The molecule has 1 saturated heterocycles. The Morgan fingerprint density at radius 3 is 2.95 bits per heavy atom. The van der Waals surface area contributed by atoms with Crippen LogP contribution in [0.2, 0.25) is 0 Å². The molecular weight excluding hydrogens is 234 g/mol. The minimum absolute atomic E-state index is 0.523. The van der Waals surface area contributed by atoms with Crippen LogP contribution in [0.5, 0.6) is 0 Å². The lowest BCUT2D eigenvalue weighted by Crippen LogP contribution is -2.27. The van der Waals surface area contributed by atoms with Crippen LogP contribution < -0.4 is 5.32 Å². The number of aryl methyl sites for hydroxylation is 2. The van der Waals surface area contributed by atoms with Gasteiger partial charge in [0.15, 0.2) is 0 Å². The predicted octanol–water partition coefficient (Wildman–Crippen LogP) is 3.47. The zero-order valence-corrected chi connectivity index (χ0v) is 12.3. The van der Waals surface area contributed by atoms with Crippen molar-refractivity contribution >= 4 is 0 Å². The van der Waals surface area contributed by atoms with Crippen molar-refractivity contribution in [2.75, 3.05) is 13.7 Å². The van der Waals surface area contributed by atoms with Gasteiger partial charge in [0.25, 0.3) is 0 Å². The highest BCUT2D eigenvalue weighted by Gasteiger charge is 2.17. The summed E-state index contributed by atoms with van der Waals surface area (Å²) >= 11 is 0. The van der Waals surface area contributed by atoms with Crippen molar-refractivity contribution in [2.24, 2.45) is 0 Å². The summed E-state index contributed by atoms with van der Waals surface area (Å²) in [5.41, 5.74) is 2.82. The first-order valence-electron chi connectivity index (χ1n) is 7.62. The molecule has 1 aliphatic heterocycles. The molecule has 1 N–H and O–H groups in total. The minimum Gasteiger partial charge on any atom is -0.378 e. The van der Waals surface area contributed by atoms with Gasteiger partial charge in [0.05, 0.1) is 6.10 Å². The van der Waals surface area contributed by atoms with Gasteiger partial charge in [-0.15, -0.1) is 0 Å². The largest absolute Gasteiger partial charge is 0.378 e. The lowest BCUT2D eigenvalue weighted by molar-refractivity contribution is 0.0995. The number of hydrogen-bond donors (Lipinski definition) is 1. The summed E-state index contributed by atoms with van der Waals surface area (Å²) in [4.78, 5) is 0. The standard InChI is InChI=1S/C17H27NO/c1-14-5-3-6-15(13-14)8-9-16(18-2)10-11-17-7-4-12-19-17/h3,5-6,13,16-18H,4,7-12H2,1-2H3. The molecule has 0 spiro atoms. The number of hydrogen-bond acceptors (Lipinski definition) is 2. The first-order valence-corrected chi connectivity index (χ1v) is 7.62. The van der Waals surface area contributed by atoms with E-state index >= 15 is 0 Å². The number of ether oxygens (including phenoxy) is 1. The quantitative estimate of drug-likeness (QED) is 0.811. The molecule has 2 rings (SSSR count). The fourth-order valence-corrected chi connectivity index (χ4v) is 2.90. The maximum Gasteiger partial charge on any atom is 0.0576 e. The van der Waals surface area contributed by atoms with E-state index in [-0.39, 0.29) is 0 Å². The monoisotopic (exact) mass is 261 g/mol. The molecule has 2 nitrogen and oxygen atoms in total. The molecule has 0 aromatic heterocycles. The second kappa shape index (κ2) is 7.66. The van der Waals surface area contributed by atoms with E-state index in [0.29, 0.717) is 12.1 Å². The number of nitrogens with one attached hydrogen (secondary N) is 1. The molecule has 106 valence electrons. The van der Waals surface area contributed by atoms with Crippen molar-refractivity contribution in [3.8, 4) is 0 Å². The lowest BCUT2D eigenvalue weighted by atomic mass is 9.99. The Labute approximate surface area is 117 Å². The van der Waals surface area contributed by atoms with Crippen molar-refractivity contribution in [3.05, 3.63) is 35.4 Å². The minimum atomic E-state index is 0.523. The fourth-order valence-electron chi connectivity index (χ4n) is 2.90. The van der Waals surface area contributed by atoms with Crippen LogP contribution in [-0.2, 0) is 11.2 Å². The smallest absolute Gasteiger partial charge is 0.0576 e. The maximum absolute atomic E-state index is 5.70. The van der Waals surface area contributed by atoms with Crippen LogP contribution in [0.15, 0.2) is 24.3 Å². The normalized spacial score (nSPS) is 20.6. The Morgan fingerprint density at radius 1 is 1.37 bits per heavy atom. The second-order valence-corrected chi connectivity index (χ2v) is 5.73. The van der Waals surface area contributed by atoms with E-state index < -0.39 is 0 Å². The Balaban J connectivity index is 1.72. The van der Waals surface area contributed by atoms with Crippen LogP contribution in [0, 0.1) is 6.92 Å². The molecule has 0 radical (unpaired) electrons. The predicted molar refractivity (Wildman–Crippen MR) is 80.6 cm³/mol. The summed E-state index contributed by atoms with van der Waals surface area (Å²) in [5, 5.41) is 3.46. The van der Waals surface area contributed by atoms with Gasteiger partial charge >= 0.3 is 0 Å². The van der Waals surface area contributed by atoms with Gasteiger partial charge in [-0.2, -0.15) is 0 Å². The third kappa shape index (κ3) is 4.96. The van der Waals surface area contributed by atoms with Crippen molar-refractivity contribution in [1.29, 1.82) is 0 Å². The van der Waals surface area contributed by atoms with E-state index in [1.54, 1.807) is 0 Å². The first kappa shape index (κ1) is 14.5. The Bertz CT molecular complexity index is 371. The van der Waals surface area contributed by atoms with Crippen LogP contribution in [0.4, 0.5) is 0 Å². The molecule has 2 atom stereocenters. The molecule has 1 heterocycles. The summed E-state index contributed by atoms with van der Waals surface area (Å²) in [6.07, 6.45) is 7.85. The molecule has 1 aliphatic rings. The molecule has 2 unspecified atom stereocenters. The average molecular weight is 261 g/mol. The van der Waals surface area contributed by atoms with Gasteiger partial charge in [0.1, 0.15) is 0 Å². The van der Waals surface area contributed by atoms with Gasteiger partial charge < -0.3 is 10.1 Å². The molecule has 0 aliphatic carbocycles. The molecule has 0 bridgehead atoms. The van der Waals surface area contributed by atoms with Crippen molar-refractivity contribution in [2.45, 2.75) is 57.6 Å². The van der Waals surface area contributed by atoms with E-state index in [1.165, 1.54) is 49.7 Å². The molecule has 2 heteroatoms. The van der Waals surface area contributed by atoms with Crippen molar-refractivity contribution < 1.29 is 4.74 Å². The summed E-state index contributed by atoms with van der Waals surface area (Å²) in [6, 6.07) is 9.47. The van der Waals surface area contributed by atoms with Crippen LogP contribution in [0.1, 0.15) is 43.2 Å². The number of benzene rings is 1. The molecule has 1 aromatic rings. The maximum atomic E-state index is 5.70. The fraction of sp³-hybridized carbons (Fsp3) is 0.647. The average Bonchev–Trinajstić information content (AvgIpc) is 2.92. The van der Waals surface area contributed by atoms with Gasteiger partial charge in [0, 0.05) is 12.6 Å². The van der Waals surface area contributed by atoms with Crippen molar-refractivity contribution in [3.63, 3.8) is 0 Å². The lowest BCUT2D eigenvalue weighted by Gasteiger charge is -2.18. The van der Waals surface area contributed by atoms with E-state index in [0.717, 1.165) is 6.61 Å². The van der Waals surface area contributed by atoms with Gasteiger partial charge in [-0.05, 0) is 58.1 Å². The third-order valence-electron chi connectivity index (χ3n) is 4.13. The Hall–Kier alpha value is -0.860. The topological polar surface area (TPSA) is 21.3 Å².